The predicted octanol–water partition coefficient (Wildman–Crippen LogP) is 2.23. The molecule has 0 spiro atoms. The maximum absolute atomic E-state index is 13.2. The van der Waals surface area contributed by atoms with Gasteiger partial charge in [-0.15, -0.1) is 0 Å². The van der Waals surface area contributed by atoms with Gasteiger partial charge in [0.1, 0.15) is 11.6 Å². The van der Waals surface area contributed by atoms with E-state index in [1.165, 1.54) is 12.1 Å². The number of hydrogen-bond acceptors (Lipinski definition) is 3. The van der Waals surface area contributed by atoms with Gasteiger partial charge in [0.05, 0.1) is 0 Å². The van der Waals surface area contributed by atoms with Gasteiger partial charge >= 0.3 is 0 Å². The van der Waals surface area contributed by atoms with Crippen molar-refractivity contribution in [2.45, 2.75) is 39.8 Å². The van der Waals surface area contributed by atoms with Crippen LogP contribution in [0.25, 0.3) is 0 Å². The molecular weight excluding hydrogens is 259 g/mol. The molecule has 0 heterocycles. The molecule has 0 aliphatic carbocycles. The SMILES string of the molecule is CCNCc1cc(F)ccc1OCC(=O)NC(C)(C)C. The Balaban J connectivity index is 2.65. The molecule has 1 amide bonds. The van der Waals surface area contributed by atoms with E-state index in [1.54, 1.807) is 6.07 Å². The molecule has 0 unspecified atom stereocenters. The van der Waals surface area contributed by atoms with Crippen molar-refractivity contribution in [1.29, 1.82) is 0 Å². The second-order valence-corrected chi connectivity index (χ2v) is 5.62. The van der Waals surface area contributed by atoms with E-state index in [1.807, 2.05) is 27.7 Å². The van der Waals surface area contributed by atoms with Gasteiger partial charge in [-0.25, -0.2) is 4.39 Å². The average molecular weight is 282 g/mol. The minimum absolute atomic E-state index is 0.0813. The summed E-state index contributed by atoms with van der Waals surface area (Å²) in [6.07, 6.45) is 0. The van der Waals surface area contributed by atoms with Crippen LogP contribution in [0.5, 0.6) is 5.75 Å². The minimum atomic E-state index is -0.315. The number of hydrogen-bond donors (Lipinski definition) is 2. The average Bonchev–Trinajstić information content (AvgIpc) is 2.33. The Bertz CT molecular complexity index is 456. The molecule has 2 N–H and O–H groups in total. The van der Waals surface area contributed by atoms with Crippen molar-refractivity contribution < 1.29 is 13.9 Å². The van der Waals surface area contributed by atoms with E-state index in [0.29, 0.717) is 17.9 Å². The van der Waals surface area contributed by atoms with Gasteiger partial charge in [0.25, 0.3) is 5.91 Å². The van der Waals surface area contributed by atoms with E-state index in [0.717, 1.165) is 6.54 Å². The number of halogens is 1. The topological polar surface area (TPSA) is 50.4 Å². The number of amides is 1. The van der Waals surface area contributed by atoms with Crippen LogP contribution in [0.1, 0.15) is 33.3 Å². The fourth-order valence-corrected chi connectivity index (χ4v) is 1.68. The quantitative estimate of drug-likeness (QED) is 0.841. The van der Waals surface area contributed by atoms with Gasteiger partial charge < -0.3 is 15.4 Å². The summed E-state index contributed by atoms with van der Waals surface area (Å²) in [5, 5.41) is 5.92. The first-order valence-electron chi connectivity index (χ1n) is 6.75. The van der Waals surface area contributed by atoms with Crippen molar-refractivity contribution in [2.75, 3.05) is 13.2 Å². The molecule has 0 saturated heterocycles. The van der Waals surface area contributed by atoms with Crippen molar-refractivity contribution in [2.24, 2.45) is 0 Å². The zero-order valence-electron chi connectivity index (χ0n) is 12.5. The number of carbonyl (C=O) groups excluding carboxylic acids is 1. The summed E-state index contributed by atoms with van der Waals surface area (Å²) in [6, 6.07) is 4.29. The molecular formula is C15H23FN2O2. The Morgan fingerprint density at radius 2 is 2.05 bits per heavy atom. The number of ether oxygens (including phenoxy) is 1. The largest absolute Gasteiger partial charge is 0.483 e. The maximum atomic E-state index is 13.2. The van der Waals surface area contributed by atoms with Gasteiger partial charge in [-0.3, -0.25) is 4.79 Å². The lowest BCUT2D eigenvalue weighted by Gasteiger charge is -2.20. The van der Waals surface area contributed by atoms with E-state index < -0.39 is 0 Å². The smallest absolute Gasteiger partial charge is 0.258 e. The second kappa shape index (κ2) is 7.24. The van der Waals surface area contributed by atoms with Crippen LogP contribution in [0.4, 0.5) is 4.39 Å². The Hall–Kier alpha value is -1.62. The molecule has 0 fully saturated rings. The number of benzene rings is 1. The molecule has 0 atom stereocenters. The fourth-order valence-electron chi connectivity index (χ4n) is 1.68. The lowest BCUT2D eigenvalue weighted by molar-refractivity contribution is -0.124. The van der Waals surface area contributed by atoms with Gasteiger partial charge in [0.15, 0.2) is 6.61 Å². The Labute approximate surface area is 119 Å². The summed E-state index contributed by atoms with van der Waals surface area (Å²) >= 11 is 0. The van der Waals surface area contributed by atoms with E-state index >= 15 is 0 Å². The molecule has 1 rings (SSSR count). The van der Waals surface area contributed by atoms with Crippen LogP contribution in [-0.4, -0.2) is 24.6 Å². The molecule has 0 aliphatic heterocycles. The van der Waals surface area contributed by atoms with Crippen LogP contribution in [-0.2, 0) is 11.3 Å². The Morgan fingerprint density at radius 1 is 1.35 bits per heavy atom. The highest BCUT2D eigenvalue weighted by atomic mass is 19.1. The third kappa shape index (κ3) is 6.02. The standard InChI is InChI=1S/C15H23FN2O2/c1-5-17-9-11-8-12(16)6-7-13(11)20-10-14(19)18-15(2,3)4/h6-8,17H,5,9-10H2,1-4H3,(H,18,19). The summed E-state index contributed by atoms with van der Waals surface area (Å²) in [5.41, 5.74) is 0.408. The Morgan fingerprint density at radius 3 is 2.65 bits per heavy atom. The number of rotatable bonds is 6. The molecule has 0 aromatic heterocycles. The predicted molar refractivity (Wildman–Crippen MR) is 77.2 cm³/mol. The van der Waals surface area contributed by atoms with Crippen LogP contribution >= 0.6 is 0 Å². The first-order valence-corrected chi connectivity index (χ1v) is 6.75. The highest BCUT2D eigenvalue weighted by Crippen LogP contribution is 2.19. The highest BCUT2D eigenvalue weighted by Gasteiger charge is 2.14. The minimum Gasteiger partial charge on any atom is -0.483 e. The van der Waals surface area contributed by atoms with Crippen LogP contribution in [0.3, 0.4) is 0 Å². The van der Waals surface area contributed by atoms with Crippen molar-refractivity contribution in [1.82, 2.24) is 10.6 Å². The lowest BCUT2D eigenvalue weighted by atomic mass is 10.1. The van der Waals surface area contributed by atoms with Crippen molar-refractivity contribution in [3.63, 3.8) is 0 Å². The van der Waals surface area contributed by atoms with Crippen molar-refractivity contribution in [3.05, 3.63) is 29.6 Å². The maximum Gasteiger partial charge on any atom is 0.258 e. The molecule has 0 saturated carbocycles. The van der Waals surface area contributed by atoms with Crippen molar-refractivity contribution in [3.8, 4) is 5.75 Å². The summed E-state index contributed by atoms with van der Waals surface area (Å²) in [5.74, 6) is 0.0111. The summed E-state index contributed by atoms with van der Waals surface area (Å²) in [7, 11) is 0. The summed E-state index contributed by atoms with van der Waals surface area (Å²) in [6.45, 7) is 8.88. The van der Waals surface area contributed by atoms with Crippen molar-refractivity contribution >= 4 is 5.91 Å². The third-order valence-corrected chi connectivity index (χ3v) is 2.46. The Kier molecular flexibility index (Phi) is 5.95. The van der Waals surface area contributed by atoms with E-state index in [2.05, 4.69) is 10.6 Å². The molecule has 20 heavy (non-hydrogen) atoms. The molecule has 5 heteroatoms. The number of carbonyl (C=O) groups is 1. The molecule has 0 radical (unpaired) electrons. The van der Waals surface area contributed by atoms with Gasteiger partial charge in [-0.1, -0.05) is 6.92 Å². The van der Waals surface area contributed by atoms with Gasteiger partial charge in [0, 0.05) is 17.6 Å². The molecule has 4 nitrogen and oxygen atoms in total. The fraction of sp³-hybridized carbons (Fsp3) is 0.533. The zero-order valence-corrected chi connectivity index (χ0v) is 12.5. The van der Waals surface area contributed by atoms with Crippen LogP contribution in [0.15, 0.2) is 18.2 Å². The van der Waals surface area contributed by atoms with Gasteiger partial charge in [0.2, 0.25) is 0 Å². The molecule has 1 aromatic carbocycles. The zero-order chi connectivity index (χ0) is 15.2. The first kappa shape index (κ1) is 16.4. The normalized spacial score (nSPS) is 11.2. The van der Waals surface area contributed by atoms with Crippen LogP contribution in [0, 0.1) is 5.82 Å². The number of nitrogens with one attached hydrogen (secondary N) is 2. The highest BCUT2D eigenvalue weighted by molar-refractivity contribution is 5.78. The van der Waals surface area contributed by atoms with E-state index in [-0.39, 0.29) is 23.9 Å². The first-order chi connectivity index (χ1) is 9.31. The van der Waals surface area contributed by atoms with E-state index in [4.69, 9.17) is 4.74 Å². The summed E-state index contributed by atoms with van der Waals surface area (Å²) in [4.78, 5) is 11.7. The van der Waals surface area contributed by atoms with Crippen LogP contribution < -0.4 is 15.4 Å². The lowest BCUT2D eigenvalue weighted by Crippen LogP contribution is -2.43. The van der Waals surface area contributed by atoms with Gasteiger partial charge in [-0.2, -0.15) is 0 Å². The third-order valence-electron chi connectivity index (χ3n) is 2.46. The van der Waals surface area contributed by atoms with Gasteiger partial charge in [-0.05, 0) is 45.5 Å². The summed E-state index contributed by atoms with van der Waals surface area (Å²) < 4.78 is 18.7. The second-order valence-electron chi connectivity index (χ2n) is 5.62. The monoisotopic (exact) mass is 282 g/mol. The molecule has 0 bridgehead atoms. The molecule has 112 valence electrons. The molecule has 1 aromatic rings. The molecule has 0 aliphatic rings. The van der Waals surface area contributed by atoms with E-state index in [9.17, 15) is 9.18 Å². The van der Waals surface area contributed by atoms with Crippen LogP contribution in [0.2, 0.25) is 0 Å².